The predicted molar refractivity (Wildman–Crippen MR) is 257 cm³/mol. The van der Waals surface area contributed by atoms with Gasteiger partial charge in [-0.25, -0.2) is 49.8 Å². The minimum Gasteiger partial charge on any atom is -0.378 e. The van der Waals surface area contributed by atoms with Crippen molar-refractivity contribution in [3.05, 3.63) is 24.8 Å². The first-order valence-electron chi connectivity index (χ1n) is 23.3. The van der Waals surface area contributed by atoms with Crippen LogP contribution in [0.1, 0.15) is 34.6 Å². The maximum Gasteiger partial charge on any atom is 0.219 e. The summed E-state index contributed by atoms with van der Waals surface area (Å²) in [5.74, 6) is 5.95. The van der Waals surface area contributed by atoms with Gasteiger partial charge in [-0.05, 0) is 11.8 Å². The average molecular weight is 919 g/mol. The number of piperazine rings is 2. The van der Waals surface area contributed by atoms with Crippen molar-refractivity contribution in [1.29, 1.82) is 0 Å². The maximum absolute atomic E-state index is 11.8. The normalized spacial score (nSPS) is 17.2. The molecule has 4 aliphatic rings. The van der Waals surface area contributed by atoms with Crippen molar-refractivity contribution in [1.82, 2.24) is 69.2 Å². The van der Waals surface area contributed by atoms with Crippen LogP contribution in [0, 0.1) is 11.8 Å². The van der Waals surface area contributed by atoms with E-state index in [-0.39, 0.29) is 17.8 Å². The van der Waals surface area contributed by atoms with E-state index < -0.39 is 0 Å². The monoisotopic (exact) mass is 919 g/mol. The number of hydrogen-bond donors (Lipinski definition) is 3. The number of carbonyl (C=O) groups excluding carboxylic acids is 1. The predicted octanol–water partition coefficient (Wildman–Crippen LogP) is 1.79. The Hall–Kier alpha value is -6.59. The highest BCUT2D eigenvalue weighted by Gasteiger charge is 2.30. The Morgan fingerprint density at radius 3 is 1.36 bits per heavy atom. The van der Waals surface area contributed by atoms with Crippen LogP contribution in [0.3, 0.4) is 0 Å². The molecule has 0 atom stereocenters. The third-order valence-electron chi connectivity index (χ3n) is 12.1. The molecule has 0 unspecified atom stereocenters. The number of nitrogens with one attached hydrogen (secondary N) is 1. The molecule has 356 valence electrons. The smallest absolute Gasteiger partial charge is 0.219 e. The lowest BCUT2D eigenvalue weighted by atomic mass is 10.2. The second kappa shape index (κ2) is 20.1. The van der Waals surface area contributed by atoms with E-state index in [1.54, 1.807) is 31.7 Å². The van der Waals surface area contributed by atoms with Gasteiger partial charge in [-0.2, -0.15) is 0 Å². The topological polar surface area (TPSA) is 255 Å². The molecule has 23 nitrogen and oxygen atoms in total. The molecule has 23 heteroatoms. The Balaban J connectivity index is 0.000000169. The number of nitrogen functional groups attached to an aromatic ring is 2. The van der Waals surface area contributed by atoms with Crippen LogP contribution in [0.5, 0.6) is 0 Å². The molecule has 6 aromatic heterocycles. The SMILES string of the molecule is CC(=O)N1CCN(c2nc3c(N4CCOCC4)nc(-c4cnc(N)nc4)nc3n2CC(C)C)CC1.CC(C)Cn1c(N2CCNCC2)nc2c(N3CCOCC3)nc(-c3cnc(N)nc3)nc21. The number of ether oxygens (including phenoxy) is 2. The van der Waals surface area contributed by atoms with Gasteiger partial charge < -0.3 is 50.8 Å². The lowest BCUT2D eigenvalue weighted by Crippen LogP contribution is -2.48. The lowest BCUT2D eigenvalue weighted by Gasteiger charge is -2.35. The van der Waals surface area contributed by atoms with E-state index in [1.165, 1.54) is 0 Å². The Morgan fingerprint density at radius 1 is 0.567 bits per heavy atom. The second-order valence-corrected chi connectivity index (χ2v) is 18.0. The van der Waals surface area contributed by atoms with E-state index >= 15 is 0 Å². The van der Waals surface area contributed by atoms with Gasteiger partial charge in [0.2, 0.25) is 29.7 Å². The number of nitrogens with zero attached hydrogens (tertiary/aromatic N) is 17. The standard InChI is InChI=1S/C23H32N10O2.C21H30N10O/c1-15(2)14-33-21-18(27-23(33)32-6-4-30(5-7-32)16(3)34)20(31-8-10-35-11-9-31)28-19(29-21)17-12-25-22(24)26-13-17;1-14(2)13-31-19-16(26-21(31)30-5-3-23-4-6-30)18(29-7-9-32-10-8-29)27-17(28-19)15-11-24-20(22)25-12-15/h12-13,15H,4-11,14H2,1-3H3,(H2,24,25,26);11-12,14,23H,3-10,13H2,1-2H3,(H2,22,24,25). The minimum atomic E-state index is 0.108. The van der Waals surface area contributed by atoms with E-state index in [0.29, 0.717) is 68.6 Å². The fourth-order valence-electron chi connectivity index (χ4n) is 8.74. The van der Waals surface area contributed by atoms with Crippen LogP contribution in [0.4, 0.5) is 35.4 Å². The van der Waals surface area contributed by atoms with Crippen LogP contribution in [0.15, 0.2) is 24.8 Å². The molecule has 1 amide bonds. The van der Waals surface area contributed by atoms with Crippen LogP contribution >= 0.6 is 0 Å². The van der Waals surface area contributed by atoms with E-state index in [9.17, 15) is 4.79 Å². The first-order chi connectivity index (χ1) is 32.5. The Labute approximate surface area is 389 Å². The van der Waals surface area contributed by atoms with Crippen LogP contribution in [0.2, 0.25) is 0 Å². The van der Waals surface area contributed by atoms with Gasteiger partial charge in [-0.3, -0.25) is 13.9 Å². The molecule has 4 fully saturated rings. The van der Waals surface area contributed by atoms with Gasteiger partial charge >= 0.3 is 0 Å². The summed E-state index contributed by atoms with van der Waals surface area (Å²) in [4.78, 5) is 69.3. The highest BCUT2D eigenvalue weighted by Crippen LogP contribution is 2.34. The molecule has 5 N–H and O–H groups in total. The van der Waals surface area contributed by atoms with Gasteiger partial charge in [0.1, 0.15) is 0 Å². The quantitative estimate of drug-likeness (QED) is 0.177. The number of fused-ring (bicyclic) bond motifs is 2. The highest BCUT2D eigenvalue weighted by molar-refractivity contribution is 5.89. The number of imidazole rings is 2. The van der Waals surface area contributed by atoms with E-state index in [0.717, 1.165) is 130 Å². The van der Waals surface area contributed by atoms with Gasteiger partial charge in [-0.1, -0.05) is 27.7 Å². The molecule has 0 aliphatic carbocycles. The molecule has 0 aromatic carbocycles. The van der Waals surface area contributed by atoms with Crippen molar-refractivity contribution in [2.75, 3.05) is 136 Å². The molecule has 10 heterocycles. The molecular formula is C44H62N20O3. The number of carbonyl (C=O) groups is 1. The molecule has 4 aliphatic heterocycles. The van der Waals surface area contributed by atoms with Gasteiger partial charge in [0.05, 0.1) is 37.6 Å². The summed E-state index contributed by atoms with van der Waals surface area (Å²) >= 11 is 0. The molecule has 0 radical (unpaired) electrons. The van der Waals surface area contributed by atoms with E-state index in [2.05, 4.69) is 81.7 Å². The Kier molecular flexibility index (Phi) is 13.7. The molecule has 10 rings (SSSR count). The maximum atomic E-state index is 11.8. The van der Waals surface area contributed by atoms with Crippen molar-refractivity contribution in [2.45, 2.75) is 47.7 Å². The molecule has 4 saturated heterocycles. The zero-order chi connectivity index (χ0) is 46.6. The second-order valence-electron chi connectivity index (χ2n) is 18.0. The summed E-state index contributed by atoms with van der Waals surface area (Å²) in [5, 5.41) is 3.42. The summed E-state index contributed by atoms with van der Waals surface area (Å²) in [5.41, 5.74) is 16.1. The van der Waals surface area contributed by atoms with Gasteiger partial charge in [0, 0.05) is 123 Å². The van der Waals surface area contributed by atoms with Crippen molar-refractivity contribution in [2.24, 2.45) is 11.8 Å². The first kappa shape index (κ1) is 45.6. The lowest BCUT2D eigenvalue weighted by molar-refractivity contribution is -0.129. The largest absolute Gasteiger partial charge is 0.378 e. The zero-order valence-electron chi connectivity index (χ0n) is 39.2. The van der Waals surface area contributed by atoms with Gasteiger partial charge in [0.15, 0.2) is 45.6 Å². The molecule has 0 spiro atoms. The van der Waals surface area contributed by atoms with Crippen molar-refractivity contribution >= 4 is 63.7 Å². The summed E-state index contributed by atoms with van der Waals surface area (Å²) in [7, 11) is 0. The van der Waals surface area contributed by atoms with Gasteiger partial charge in [-0.15, -0.1) is 0 Å². The number of rotatable bonds is 10. The van der Waals surface area contributed by atoms with Crippen LogP contribution in [-0.2, 0) is 27.4 Å². The van der Waals surface area contributed by atoms with Crippen molar-refractivity contribution in [3.63, 3.8) is 0 Å². The fraction of sp³-hybridized carbons (Fsp3) is 0.568. The molecule has 6 aromatic rings. The summed E-state index contributed by atoms with van der Waals surface area (Å²) in [6, 6.07) is 0. The summed E-state index contributed by atoms with van der Waals surface area (Å²) < 4.78 is 15.6. The van der Waals surface area contributed by atoms with Crippen LogP contribution in [-0.4, -0.2) is 175 Å². The fourth-order valence-corrected chi connectivity index (χ4v) is 8.74. The van der Waals surface area contributed by atoms with Crippen molar-refractivity contribution < 1.29 is 14.3 Å². The van der Waals surface area contributed by atoms with Crippen molar-refractivity contribution in [3.8, 4) is 22.8 Å². The third-order valence-corrected chi connectivity index (χ3v) is 12.1. The van der Waals surface area contributed by atoms with Crippen LogP contribution in [0.25, 0.3) is 45.1 Å². The first-order valence-corrected chi connectivity index (χ1v) is 23.3. The zero-order valence-corrected chi connectivity index (χ0v) is 39.2. The average Bonchev–Trinajstić information content (AvgIpc) is 3.89. The Bertz CT molecular complexity index is 2630. The number of aromatic nitrogens is 12. The summed E-state index contributed by atoms with van der Waals surface area (Å²) in [6.45, 7) is 24.1. The molecule has 0 bridgehead atoms. The number of nitrogens with two attached hydrogens (primary N) is 2. The van der Waals surface area contributed by atoms with E-state index in [4.69, 9.17) is 50.8 Å². The number of anilines is 6. The van der Waals surface area contributed by atoms with E-state index in [1.807, 2.05) is 4.90 Å². The number of hydrogen-bond acceptors (Lipinski definition) is 20. The molecular weight excluding hydrogens is 857 g/mol. The molecule has 67 heavy (non-hydrogen) atoms. The number of morpholine rings is 2. The minimum absolute atomic E-state index is 0.108. The summed E-state index contributed by atoms with van der Waals surface area (Å²) in [6.07, 6.45) is 6.65. The van der Waals surface area contributed by atoms with Gasteiger partial charge in [0.25, 0.3) is 0 Å². The molecule has 0 saturated carbocycles. The highest BCUT2D eigenvalue weighted by atomic mass is 16.5. The number of amides is 1. The Morgan fingerprint density at radius 2 is 0.970 bits per heavy atom. The third kappa shape index (κ3) is 10.1. The van der Waals surface area contributed by atoms with Crippen LogP contribution < -0.4 is 36.4 Å².